The van der Waals surface area contributed by atoms with E-state index < -0.39 is 0 Å². The molecule has 3 nitrogen and oxygen atoms in total. The molecule has 88 valence electrons. The van der Waals surface area contributed by atoms with E-state index in [1.54, 1.807) is 12.1 Å². The fourth-order valence-electron chi connectivity index (χ4n) is 1.65. The van der Waals surface area contributed by atoms with Gasteiger partial charge in [-0.3, -0.25) is 4.79 Å². The predicted octanol–water partition coefficient (Wildman–Crippen LogP) is 2.36. The van der Waals surface area contributed by atoms with Gasteiger partial charge in [0.2, 0.25) is 0 Å². The van der Waals surface area contributed by atoms with Crippen molar-refractivity contribution in [3.8, 4) is 0 Å². The van der Waals surface area contributed by atoms with Gasteiger partial charge in [0.15, 0.2) is 0 Å². The Labute approximate surface area is 97.0 Å². The summed E-state index contributed by atoms with van der Waals surface area (Å²) in [5.41, 5.74) is 8.21. The molecule has 0 heterocycles. The molecule has 16 heavy (non-hydrogen) atoms. The zero-order valence-corrected chi connectivity index (χ0v) is 10.2. The van der Waals surface area contributed by atoms with Gasteiger partial charge < -0.3 is 11.1 Å². The first-order chi connectivity index (χ1) is 7.54. The molecule has 0 atom stereocenters. The Kier molecular flexibility index (Phi) is 4.35. The van der Waals surface area contributed by atoms with Gasteiger partial charge >= 0.3 is 0 Å². The van der Waals surface area contributed by atoms with E-state index in [-0.39, 0.29) is 11.9 Å². The lowest BCUT2D eigenvalue weighted by molar-refractivity contribution is 0.0942. The molecule has 1 aromatic rings. The van der Waals surface area contributed by atoms with E-state index in [0.29, 0.717) is 5.69 Å². The van der Waals surface area contributed by atoms with E-state index >= 15 is 0 Å². The number of aryl methyl sites for hydroxylation is 1. The molecule has 0 aliphatic carbocycles. The highest BCUT2D eigenvalue weighted by atomic mass is 16.1. The highest BCUT2D eigenvalue weighted by Crippen LogP contribution is 2.15. The third-order valence-electron chi connectivity index (χ3n) is 2.31. The Hall–Kier alpha value is -1.51. The number of rotatable bonds is 4. The van der Waals surface area contributed by atoms with Crippen LogP contribution in [0.25, 0.3) is 0 Å². The molecule has 0 aromatic heterocycles. The quantitative estimate of drug-likeness (QED) is 0.765. The summed E-state index contributed by atoms with van der Waals surface area (Å²) in [6.07, 6.45) is 1.89. The Bertz CT molecular complexity index is 372. The van der Waals surface area contributed by atoms with Crippen LogP contribution < -0.4 is 11.1 Å². The van der Waals surface area contributed by atoms with Gasteiger partial charge in [-0.15, -0.1) is 0 Å². The number of anilines is 1. The van der Waals surface area contributed by atoms with E-state index in [1.165, 1.54) is 0 Å². The zero-order valence-electron chi connectivity index (χ0n) is 10.2. The lowest BCUT2D eigenvalue weighted by Gasteiger charge is -2.12. The summed E-state index contributed by atoms with van der Waals surface area (Å²) >= 11 is 0. The van der Waals surface area contributed by atoms with Crippen LogP contribution in [0, 0.1) is 0 Å². The summed E-state index contributed by atoms with van der Waals surface area (Å²) < 4.78 is 0. The largest absolute Gasteiger partial charge is 0.399 e. The van der Waals surface area contributed by atoms with Gasteiger partial charge in [0.1, 0.15) is 0 Å². The van der Waals surface area contributed by atoms with Gasteiger partial charge in [0.05, 0.1) is 0 Å². The second-order valence-electron chi connectivity index (χ2n) is 4.29. The minimum Gasteiger partial charge on any atom is -0.399 e. The molecule has 0 radical (unpaired) electrons. The van der Waals surface area contributed by atoms with Gasteiger partial charge in [0.25, 0.3) is 5.91 Å². The number of carbonyl (C=O) groups excluding carboxylic acids is 1. The van der Waals surface area contributed by atoms with Crippen molar-refractivity contribution in [1.82, 2.24) is 5.32 Å². The highest BCUT2D eigenvalue weighted by Gasteiger charge is 2.11. The number of carbonyl (C=O) groups is 1. The van der Waals surface area contributed by atoms with E-state index in [1.807, 2.05) is 19.9 Å². The monoisotopic (exact) mass is 220 g/mol. The molecule has 0 fully saturated rings. The average Bonchev–Trinajstić information content (AvgIpc) is 2.17. The molecule has 3 N–H and O–H groups in total. The lowest BCUT2D eigenvalue weighted by Crippen LogP contribution is -2.30. The van der Waals surface area contributed by atoms with Crippen LogP contribution >= 0.6 is 0 Å². The maximum Gasteiger partial charge on any atom is 0.251 e. The van der Waals surface area contributed by atoms with Crippen molar-refractivity contribution in [3.05, 3.63) is 29.3 Å². The Balaban J connectivity index is 2.97. The first-order valence-electron chi connectivity index (χ1n) is 5.73. The molecular weight excluding hydrogens is 200 g/mol. The maximum atomic E-state index is 11.9. The topological polar surface area (TPSA) is 55.1 Å². The van der Waals surface area contributed by atoms with Crippen LogP contribution in [0.2, 0.25) is 0 Å². The van der Waals surface area contributed by atoms with Gasteiger partial charge in [-0.2, -0.15) is 0 Å². The molecule has 0 aliphatic rings. The highest BCUT2D eigenvalue weighted by molar-refractivity contribution is 5.96. The fraction of sp³-hybridized carbons (Fsp3) is 0.462. The van der Waals surface area contributed by atoms with Crippen LogP contribution in [0.15, 0.2) is 18.2 Å². The minimum absolute atomic E-state index is 0.0153. The Morgan fingerprint density at radius 2 is 2.12 bits per heavy atom. The van der Waals surface area contributed by atoms with Crippen molar-refractivity contribution in [3.63, 3.8) is 0 Å². The number of nitrogens with one attached hydrogen (secondary N) is 1. The van der Waals surface area contributed by atoms with Crippen LogP contribution in [0.1, 0.15) is 43.1 Å². The number of nitrogen functional groups attached to an aromatic ring is 1. The molecule has 0 unspecified atom stereocenters. The van der Waals surface area contributed by atoms with Gasteiger partial charge in [-0.1, -0.05) is 13.3 Å². The SMILES string of the molecule is CCCc1cc(N)ccc1C(=O)NC(C)C. The number of nitrogens with two attached hydrogens (primary N) is 1. The van der Waals surface area contributed by atoms with Crippen molar-refractivity contribution in [2.24, 2.45) is 0 Å². The third-order valence-corrected chi connectivity index (χ3v) is 2.31. The van der Waals surface area contributed by atoms with Crippen molar-refractivity contribution in [2.75, 3.05) is 5.73 Å². The van der Waals surface area contributed by atoms with Crippen LogP contribution in [0.4, 0.5) is 5.69 Å². The first kappa shape index (κ1) is 12.6. The lowest BCUT2D eigenvalue weighted by atomic mass is 10.0. The van der Waals surface area contributed by atoms with E-state index in [0.717, 1.165) is 24.0 Å². The number of hydrogen-bond acceptors (Lipinski definition) is 2. The Morgan fingerprint density at radius 3 is 2.69 bits per heavy atom. The molecule has 1 amide bonds. The standard InChI is InChI=1S/C13H20N2O/c1-4-5-10-8-11(14)6-7-12(10)13(16)15-9(2)3/h6-9H,4-5,14H2,1-3H3,(H,15,16). The van der Waals surface area contributed by atoms with Crippen molar-refractivity contribution in [2.45, 2.75) is 39.7 Å². The van der Waals surface area contributed by atoms with E-state index in [2.05, 4.69) is 12.2 Å². The fourth-order valence-corrected chi connectivity index (χ4v) is 1.65. The molecule has 0 saturated carbocycles. The normalized spacial score (nSPS) is 10.5. The molecule has 1 rings (SSSR count). The van der Waals surface area contributed by atoms with E-state index in [4.69, 9.17) is 5.73 Å². The van der Waals surface area contributed by atoms with Crippen LogP contribution in [-0.4, -0.2) is 11.9 Å². The Morgan fingerprint density at radius 1 is 1.44 bits per heavy atom. The number of hydrogen-bond donors (Lipinski definition) is 2. The predicted molar refractivity (Wildman–Crippen MR) is 67.5 cm³/mol. The summed E-state index contributed by atoms with van der Waals surface area (Å²) in [7, 11) is 0. The van der Waals surface area contributed by atoms with Crippen LogP contribution in [0.5, 0.6) is 0 Å². The molecular formula is C13H20N2O. The second kappa shape index (κ2) is 5.54. The zero-order chi connectivity index (χ0) is 12.1. The van der Waals surface area contributed by atoms with Gasteiger partial charge in [-0.05, 0) is 44.0 Å². The van der Waals surface area contributed by atoms with Crippen molar-refractivity contribution in [1.29, 1.82) is 0 Å². The van der Waals surface area contributed by atoms with Gasteiger partial charge in [-0.25, -0.2) is 0 Å². The molecule has 0 spiro atoms. The maximum absolute atomic E-state index is 11.9. The summed E-state index contributed by atoms with van der Waals surface area (Å²) in [6, 6.07) is 5.62. The van der Waals surface area contributed by atoms with Crippen LogP contribution in [0.3, 0.4) is 0 Å². The van der Waals surface area contributed by atoms with Crippen molar-refractivity contribution < 1.29 is 4.79 Å². The van der Waals surface area contributed by atoms with Crippen LogP contribution in [-0.2, 0) is 6.42 Å². The smallest absolute Gasteiger partial charge is 0.251 e. The summed E-state index contributed by atoms with van der Waals surface area (Å²) in [5, 5.41) is 2.90. The molecule has 3 heteroatoms. The number of amides is 1. The molecule has 0 saturated heterocycles. The first-order valence-corrected chi connectivity index (χ1v) is 5.73. The second-order valence-corrected chi connectivity index (χ2v) is 4.29. The van der Waals surface area contributed by atoms with E-state index in [9.17, 15) is 4.79 Å². The van der Waals surface area contributed by atoms with Crippen molar-refractivity contribution >= 4 is 11.6 Å². The minimum atomic E-state index is -0.0153. The third kappa shape index (κ3) is 3.26. The molecule has 1 aromatic carbocycles. The summed E-state index contributed by atoms with van der Waals surface area (Å²) in [5.74, 6) is -0.0153. The summed E-state index contributed by atoms with van der Waals surface area (Å²) in [4.78, 5) is 11.9. The average molecular weight is 220 g/mol. The number of benzene rings is 1. The molecule has 0 aliphatic heterocycles. The van der Waals surface area contributed by atoms with Gasteiger partial charge in [0, 0.05) is 17.3 Å². The summed E-state index contributed by atoms with van der Waals surface area (Å²) in [6.45, 7) is 6.00. The molecule has 0 bridgehead atoms.